The van der Waals surface area contributed by atoms with E-state index in [9.17, 15) is 19.8 Å². The molecule has 2 aliphatic rings. The fourth-order valence-electron chi connectivity index (χ4n) is 3.70. The van der Waals surface area contributed by atoms with Crippen LogP contribution < -0.4 is 0 Å². The van der Waals surface area contributed by atoms with E-state index >= 15 is 0 Å². The summed E-state index contributed by atoms with van der Waals surface area (Å²) in [5, 5.41) is 20.5. The van der Waals surface area contributed by atoms with Gasteiger partial charge in [0.05, 0.1) is 22.9 Å². The molecule has 1 saturated heterocycles. The van der Waals surface area contributed by atoms with E-state index in [0.29, 0.717) is 12.0 Å². The number of carbonyl (C=O) groups excluding carboxylic acids is 1. The summed E-state index contributed by atoms with van der Waals surface area (Å²) in [7, 11) is 0. The number of β-lactam (4-membered cyclic amide) rings is 1. The summed E-state index contributed by atoms with van der Waals surface area (Å²) in [6, 6.07) is -0.267. The van der Waals surface area contributed by atoms with Crippen molar-refractivity contribution in [2.75, 3.05) is 5.75 Å². The molecule has 3 atom stereocenters. The van der Waals surface area contributed by atoms with Gasteiger partial charge in [0.2, 0.25) is 5.91 Å². The lowest BCUT2D eigenvalue weighted by Gasteiger charge is -2.44. The molecule has 4 heterocycles. The zero-order chi connectivity index (χ0) is 18.6. The fraction of sp³-hybridized carbons (Fsp3) is 0.471. The highest BCUT2D eigenvalue weighted by Gasteiger charge is 2.56. The number of aromatic nitrogens is 2. The predicted octanol–water partition coefficient (Wildman–Crippen LogP) is 2.31. The van der Waals surface area contributed by atoms with Gasteiger partial charge in [-0.2, -0.15) is 0 Å². The molecule has 0 saturated carbocycles. The van der Waals surface area contributed by atoms with Crippen LogP contribution in [0.3, 0.4) is 0 Å². The SMILES string of the molecule is CCCSc1ncn2cc(C3=C(C(=O)O)N4C(=O)[C@H]([C@@H](C)O)[C@H]4C3)sc12. The largest absolute Gasteiger partial charge is 0.477 e. The molecule has 2 aliphatic heterocycles. The number of carbonyl (C=O) groups is 2. The van der Waals surface area contributed by atoms with Crippen molar-refractivity contribution >= 4 is 45.4 Å². The molecule has 2 N–H and O–H groups in total. The molecular formula is C17H19N3O4S2. The molecule has 0 radical (unpaired) electrons. The van der Waals surface area contributed by atoms with Crippen molar-refractivity contribution in [3.63, 3.8) is 0 Å². The maximum atomic E-state index is 12.3. The van der Waals surface area contributed by atoms with Gasteiger partial charge < -0.3 is 15.1 Å². The van der Waals surface area contributed by atoms with E-state index in [4.69, 9.17) is 0 Å². The number of thioether (sulfide) groups is 1. The summed E-state index contributed by atoms with van der Waals surface area (Å²) < 4.78 is 1.91. The van der Waals surface area contributed by atoms with Crippen molar-refractivity contribution in [2.45, 2.75) is 43.9 Å². The minimum absolute atomic E-state index is 0.0529. The summed E-state index contributed by atoms with van der Waals surface area (Å²) in [6.07, 6.45) is 4.35. The van der Waals surface area contributed by atoms with Crippen LogP contribution in [0.25, 0.3) is 10.4 Å². The summed E-state index contributed by atoms with van der Waals surface area (Å²) >= 11 is 3.19. The number of carboxylic acid groups (broad SMARTS) is 1. The average molecular weight is 393 g/mol. The van der Waals surface area contributed by atoms with E-state index in [1.165, 1.54) is 16.2 Å². The van der Waals surface area contributed by atoms with E-state index in [1.807, 2.05) is 10.6 Å². The molecule has 26 heavy (non-hydrogen) atoms. The molecule has 1 amide bonds. The smallest absolute Gasteiger partial charge is 0.352 e. The Morgan fingerprint density at radius 3 is 2.96 bits per heavy atom. The van der Waals surface area contributed by atoms with Gasteiger partial charge >= 0.3 is 5.97 Å². The number of imidazole rings is 1. The lowest BCUT2D eigenvalue weighted by atomic mass is 9.83. The second-order valence-corrected chi connectivity index (χ2v) is 8.70. The molecule has 4 rings (SSSR count). The third-order valence-electron chi connectivity index (χ3n) is 4.85. The number of hydrogen-bond donors (Lipinski definition) is 2. The van der Waals surface area contributed by atoms with Crippen LogP contribution in [-0.4, -0.2) is 54.3 Å². The van der Waals surface area contributed by atoms with E-state index in [1.54, 1.807) is 25.0 Å². The number of hydrogen-bond acceptors (Lipinski definition) is 6. The van der Waals surface area contributed by atoms with E-state index in [-0.39, 0.29) is 17.6 Å². The molecule has 1 fully saturated rings. The summed E-state index contributed by atoms with van der Waals surface area (Å²) in [5.41, 5.74) is 0.719. The third-order valence-corrected chi connectivity index (χ3v) is 7.33. The van der Waals surface area contributed by atoms with Crippen molar-refractivity contribution in [3.05, 3.63) is 23.1 Å². The summed E-state index contributed by atoms with van der Waals surface area (Å²) in [6.45, 7) is 3.69. The maximum absolute atomic E-state index is 12.3. The first kappa shape index (κ1) is 17.6. The lowest BCUT2D eigenvalue weighted by Crippen LogP contribution is -2.61. The number of carboxylic acids is 1. The summed E-state index contributed by atoms with van der Waals surface area (Å²) in [5.74, 6) is -0.952. The molecule has 7 nitrogen and oxygen atoms in total. The number of thiazole rings is 1. The Morgan fingerprint density at radius 1 is 1.54 bits per heavy atom. The van der Waals surface area contributed by atoms with Crippen LogP contribution in [0.4, 0.5) is 0 Å². The zero-order valence-electron chi connectivity index (χ0n) is 14.4. The highest BCUT2D eigenvalue weighted by Crippen LogP contribution is 2.48. The topological polar surface area (TPSA) is 95.1 Å². The Hall–Kier alpha value is -1.84. The Labute approximate surface area is 158 Å². The van der Waals surface area contributed by atoms with Gasteiger partial charge in [-0.25, -0.2) is 9.78 Å². The quantitative estimate of drug-likeness (QED) is 0.578. The van der Waals surface area contributed by atoms with Crippen molar-refractivity contribution in [2.24, 2.45) is 5.92 Å². The van der Waals surface area contributed by atoms with Gasteiger partial charge in [0.15, 0.2) is 0 Å². The number of rotatable bonds is 6. The van der Waals surface area contributed by atoms with Gasteiger partial charge in [-0.3, -0.25) is 9.20 Å². The van der Waals surface area contributed by atoms with Gasteiger partial charge in [0.1, 0.15) is 21.9 Å². The van der Waals surface area contributed by atoms with Crippen molar-refractivity contribution < 1.29 is 19.8 Å². The number of nitrogens with zero attached hydrogens (tertiary/aromatic N) is 3. The number of amides is 1. The van der Waals surface area contributed by atoms with E-state index in [2.05, 4.69) is 11.9 Å². The van der Waals surface area contributed by atoms with Crippen molar-refractivity contribution in [1.29, 1.82) is 0 Å². The second-order valence-electron chi connectivity index (χ2n) is 6.58. The first-order valence-electron chi connectivity index (χ1n) is 8.51. The van der Waals surface area contributed by atoms with E-state index < -0.39 is 18.0 Å². The molecule has 0 spiro atoms. The molecule has 138 valence electrons. The van der Waals surface area contributed by atoms with Crippen LogP contribution in [0.2, 0.25) is 0 Å². The van der Waals surface area contributed by atoms with Gasteiger partial charge in [-0.05, 0) is 25.5 Å². The molecule has 2 aromatic rings. The number of aliphatic hydroxyl groups excluding tert-OH is 1. The molecule has 0 aromatic carbocycles. The Balaban J connectivity index is 1.73. The average Bonchev–Trinajstić information content (AvgIpc) is 3.22. The van der Waals surface area contributed by atoms with Crippen LogP contribution >= 0.6 is 23.1 Å². The van der Waals surface area contributed by atoms with Crippen LogP contribution in [0.15, 0.2) is 23.2 Å². The van der Waals surface area contributed by atoms with Gasteiger partial charge in [-0.1, -0.05) is 6.92 Å². The Bertz CT molecular complexity index is 930. The monoisotopic (exact) mass is 393 g/mol. The number of aliphatic hydroxyl groups is 1. The molecule has 0 bridgehead atoms. The van der Waals surface area contributed by atoms with Crippen LogP contribution in [0.1, 0.15) is 31.6 Å². The normalized spacial score (nSPS) is 23.5. The van der Waals surface area contributed by atoms with Gasteiger partial charge in [0, 0.05) is 11.8 Å². The van der Waals surface area contributed by atoms with E-state index in [0.717, 1.165) is 26.9 Å². The highest BCUT2D eigenvalue weighted by molar-refractivity contribution is 7.99. The highest BCUT2D eigenvalue weighted by atomic mass is 32.2. The fourth-order valence-corrected chi connectivity index (χ4v) is 5.78. The minimum atomic E-state index is -1.10. The molecule has 0 aliphatic carbocycles. The van der Waals surface area contributed by atoms with Crippen LogP contribution in [0, 0.1) is 5.92 Å². The predicted molar refractivity (Wildman–Crippen MR) is 99.1 cm³/mol. The first-order chi connectivity index (χ1) is 12.4. The number of aliphatic carboxylic acids is 1. The van der Waals surface area contributed by atoms with Crippen molar-refractivity contribution in [1.82, 2.24) is 14.3 Å². The maximum Gasteiger partial charge on any atom is 0.352 e. The van der Waals surface area contributed by atoms with Gasteiger partial charge in [0.25, 0.3) is 0 Å². The lowest BCUT2D eigenvalue weighted by molar-refractivity contribution is -0.161. The minimum Gasteiger partial charge on any atom is -0.477 e. The molecule has 9 heteroatoms. The summed E-state index contributed by atoms with van der Waals surface area (Å²) in [4.78, 5) is 31.7. The van der Waals surface area contributed by atoms with Crippen LogP contribution in [-0.2, 0) is 9.59 Å². The third kappa shape index (κ3) is 2.49. The molecule has 2 aromatic heterocycles. The Kier molecular flexibility index (Phi) is 4.32. The van der Waals surface area contributed by atoms with Gasteiger partial charge in [-0.15, -0.1) is 23.1 Å². The number of fused-ring (bicyclic) bond motifs is 2. The standard InChI is InChI=1S/C17H19N3O4S2/c1-3-4-25-14-16-19(7-18-14)6-11(26-16)9-5-10-12(8(2)21)15(22)20(10)13(9)17(23)24/h6-8,10,12,21H,3-5H2,1-2H3,(H,23,24)/t8-,10-,12-/m1/s1. The first-order valence-corrected chi connectivity index (χ1v) is 10.3. The molecular weight excluding hydrogens is 374 g/mol. The molecule has 0 unspecified atom stereocenters. The van der Waals surface area contributed by atoms with Crippen molar-refractivity contribution in [3.8, 4) is 0 Å². The zero-order valence-corrected chi connectivity index (χ0v) is 16.0. The van der Waals surface area contributed by atoms with Crippen LogP contribution in [0.5, 0.6) is 0 Å². The Morgan fingerprint density at radius 2 is 2.31 bits per heavy atom. The second kappa shape index (κ2) is 6.40.